The highest BCUT2D eigenvalue weighted by atomic mass is 15.0. The summed E-state index contributed by atoms with van der Waals surface area (Å²) in [5.74, 6) is 1.95. The van der Waals surface area contributed by atoms with Gasteiger partial charge in [0.05, 0.1) is 27.6 Å². The minimum atomic E-state index is 0.645. The van der Waals surface area contributed by atoms with Crippen LogP contribution < -0.4 is 0 Å². The largest absolute Gasteiger partial charge is 0.309 e. The van der Waals surface area contributed by atoms with Gasteiger partial charge in [0, 0.05) is 54.7 Å². The third-order valence-corrected chi connectivity index (χ3v) is 10.1. The molecule has 0 atom stereocenters. The second kappa shape index (κ2) is 10.3. The van der Waals surface area contributed by atoms with Gasteiger partial charge in [0.15, 0.2) is 17.5 Å². The molecule has 0 aliphatic rings. The van der Waals surface area contributed by atoms with E-state index in [1.165, 1.54) is 49.0 Å². The van der Waals surface area contributed by atoms with Gasteiger partial charge in [-0.05, 0) is 48.5 Å². The smallest absolute Gasteiger partial charge is 0.164 e. The van der Waals surface area contributed by atoms with E-state index in [1.54, 1.807) is 0 Å². The van der Waals surface area contributed by atoms with Crippen LogP contribution in [0.4, 0.5) is 0 Å². The molecule has 0 aliphatic carbocycles. The average Bonchev–Trinajstić information content (AvgIpc) is 3.82. The molecule has 4 heterocycles. The number of rotatable bonds is 4. The molecular weight excluding hydrogens is 611 g/mol. The second-order valence-corrected chi connectivity index (χ2v) is 12.9. The fraction of sp³-hybridized carbons (Fsp3) is 0. The summed E-state index contributed by atoms with van der Waals surface area (Å²) in [5, 5.41) is 7.42. The summed E-state index contributed by atoms with van der Waals surface area (Å²) in [5.41, 5.74) is 9.99. The standard InChI is InChI=1S/C45H27N5/c1-4-13-28(14-5-1)43-46-44(29-15-6-2-7-16-29)48-45(47-43)30-23-24-39-35(25-30)37-27-41-36(26-40(37)49(39)31-17-8-3-9-18-31)34-21-12-20-33-32-19-10-11-22-38(32)50(41)42(33)34/h1-27H. The number of benzene rings is 7. The zero-order valence-electron chi connectivity index (χ0n) is 26.8. The van der Waals surface area contributed by atoms with Crippen molar-refractivity contribution >= 4 is 59.9 Å². The van der Waals surface area contributed by atoms with Crippen LogP contribution in [-0.4, -0.2) is 23.9 Å². The maximum Gasteiger partial charge on any atom is 0.164 e. The first-order valence-electron chi connectivity index (χ1n) is 16.9. The van der Waals surface area contributed by atoms with Gasteiger partial charge in [-0.1, -0.05) is 115 Å². The monoisotopic (exact) mass is 637 g/mol. The van der Waals surface area contributed by atoms with Crippen LogP contribution in [0.1, 0.15) is 0 Å². The first-order valence-corrected chi connectivity index (χ1v) is 16.9. The lowest BCUT2D eigenvalue weighted by atomic mass is 10.0. The number of nitrogens with zero attached hydrogens (tertiary/aromatic N) is 5. The van der Waals surface area contributed by atoms with Gasteiger partial charge in [-0.15, -0.1) is 0 Å². The number of fused-ring (bicyclic) bond motifs is 9. The van der Waals surface area contributed by atoms with E-state index in [4.69, 9.17) is 15.0 Å². The first-order chi connectivity index (χ1) is 24.8. The van der Waals surface area contributed by atoms with Crippen molar-refractivity contribution < 1.29 is 0 Å². The highest BCUT2D eigenvalue weighted by Gasteiger charge is 2.21. The molecule has 0 bridgehead atoms. The van der Waals surface area contributed by atoms with E-state index in [-0.39, 0.29) is 0 Å². The molecule has 0 saturated heterocycles. The molecule has 0 N–H and O–H groups in total. The zero-order chi connectivity index (χ0) is 32.8. The molecule has 11 rings (SSSR count). The summed E-state index contributed by atoms with van der Waals surface area (Å²) in [4.78, 5) is 15.0. The van der Waals surface area contributed by atoms with Crippen molar-refractivity contribution in [1.82, 2.24) is 23.9 Å². The topological polar surface area (TPSA) is 48.0 Å². The van der Waals surface area contributed by atoms with Gasteiger partial charge in [0.2, 0.25) is 0 Å². The summed E-state index contributed by atoms with van der Waals surface area (Å²) in [6.07, 6.45) is 0. The highest BCUT2D eigenvalue weighted by Crippen LogP contribution is 2.43. The Labute approximate surface area is 286 Å². The summed E-state index contributed by atoms with van der Waals surface area (Å²) < 4.78 is 4.84. The molecule has 4 aromatic heterocycles. The van der Waals surface area contributed by atoms with Crippen molar-refractivity contribution in [3.05, 3.63) is 164 Å². The second-order valence-electron chi connectivity index (χ2n) is 12.9. The molecule has 7 aromatic carbocycles. The quantitative estimate of drug-likeness (QED) is 0.193. The number of hydrogen-bond acceptors (Lipinski definition) is 3. The minimum Gasteiger partial charge on any atom is -0.309 e. The summed E-state index contributed by atoms with van der Waals surface area (Å²) >= 11 is 0. The van der Waals surface area contributed by atoms with Crippen molar-refractivity contribution in [1.29, 1.82) is 0 Å². The van der Waals surface area contributed by atoms with Crippen molar-refractivity contribution in [2.45, 2.75) is 0 Å². The van der Waals surface area contributed by atoms with Gasteiger partial charge in [0.25, 0.3) is 0 Å². The Hall–Kier alpha value is -6.85. The van der Waals surface area contributed by atoms with E-state index >= 15 is 0 Å². The van der Waals surface area contributed by atoms with Crippen molar-refractivity contribution in [2.75, 3.05) is 0 Å². The molecule has 0 radical (unpaired) electrons. The normalized spacial score (nSPS) is 12.0. The third kappa shape index (κ3) is 3.86. The van der Waals surface area contributed by atoms with Crippen LogP contribution in [0.3, 0.4) is 0 Å². The summed E-state index contributed by atoms with van der Waals surface area (Å²) in [6.45, 7) is 0. The van der Waals surface area contributed by atoms with E-state index in [1.807, 2.05) is 60.7 Å². The lowest BCUT2D eigenvalue weighted by Gasteiger charge is -2.09. The number of aromatic nitrogens is 5. The number of para-hydroxylation sites is 3. The van der Waals surface area contributed by atoms with E-state index in [0.717, 1.165) is 33.3 Å². The predicted octanol–water partition coefficient (Wildman–Crippen LogP) is 11.1. The van der Waals surface area contributed by atoms with Crippen molar-refractivity contribution in [2.24, 2.45) is 0 Å². The molecule has 50 heavy (non-hydrogen) atoms. The molecule has 0 unspecified atom stereocenters. The van der Waals surface area contributed by atoms with E-state index < -0.39 is 0 Å². The lowest BCUT2D eigenvalue weighted by Crippen LogP contribution is -2.00. The molecule has 232 valence electrons. The summed E-state index contributed by atoms with van der Waals surface area (Å²) in [6, 6.07) is 57.8. The van der Waals surface area contributed by atoms with Gasteiger partial charge in [-0.3, -0.25) is 0 Å². The van der Waals surface area contributed by atoms with Gasteiger partial charge in [-0.25, -0.2) is 15.0 Å². The Morgan fingerprint density at radius 1 is 0.320 bits per heavy atom. The van der Waals surface area contributed by atoms with Crippen LogP contribution in [0.2, 0.25) is 0 Å². The minimum absolute atomic E-state index is 0.645. The Morgan fingerprint density at radius 2 is 0.840 bits per heavy atom. The molecular formula is C45H27N5. The summed E-state index contributed by atoms with van der Waals surface area (Å²) in [7, 11) is 0. The molecule has 0 spiro atoms. The lowest BCUT2D eigenvalue weighted by molar-refractivity contribution is 1.07. The van der Waals surface area contributed by atoms with E-state index in [0.29, 0.717) is 17.5 Å². The van der Waals surface area contributed by atoms with Crippen LogP contribution in [-0.2, 0) is 0 Å². The van der Waals surface area contributed by atoms with Gasteiger partial charge in [0.1, 0.15) is 0 Å². The molecule has 0 saturated carbocycles. The first kappa shape index (κ1) is 27.1. The van der Waals surface area contributed by atoms with Crippen LogP contribution in [0, 0.1) is 0 Å². The Bertz CT molecular complexity index is 3010. The molecule has 11 aromatic rings. The van der Waals surface area contributed by atoms with Gasteiger partial charge >= 0.3 is 0 Å². The van der Waals surface area contributed by atoms with Crippen molar-refractivity contribution in [3.63, 3.8) is 0 Å². The predicted molar refractivity (Wildman–Crippen MR) is 205 cm³/mol. The fourth-order valence-corrected chi connectivity index (χ4v) is 7.87. The van der Waals surface area contributed by atoms with Gasteiger partial charge in [-0.2, -0.15) is 0 Å². The molecule has 5 heteroatoms. The maximum absolute atomic E-state index is 5.06. The third-order valence-electron chi connectivity index (χ3n) is 10.1. The van der Waals surface area contributed by atoms with E-state index in [9.17, 15) is 0 Å². The average molecular weight is 638 g/mol. The van der Waals surface area contributed by atoms with Crippen LogP contribution in [0.25, 0.3) is 99.8 Å². The van der Waals surface area contributed by atoms with Crippen LogP contribution >= 0.6 is 0 Å². The van der Waals surface area contributed by atoms with Crippen LogP contribution in [0.15, 0.2) is 164 Å². The van der Waals surface area contributed by atoms with Gasteiger partial charge < -0.3 is 8.97 Å². The molecule has 0 fully saturated rings. The highest BCUT2D eigenvalue weighted by molar-refractivity contribution is 6.26. The fourth-order valence-electron chi connectivity index (χ4n) is 7.87. The van der Waals surface area contributed by atoms with E-state index in [2.05, 4.69) is 112 Å². The molecule has 0 aliphatic heterocycles. The Kier molecular flexibility index (Phi) is 5.60. The number of hydrogen-bond donors (Lipinski definition) is 0. The van der Waals surface area contributed by atoms with Crippen molar-refractivity contribution in [3.8, 4) is 39.9 Å². The maximum atomic E-state index is 5.06. The Morgan fingerprint density at radius 3 is 1.54 bits per heavy atom. The molecule has 5 nitrogen and oxygen atoms in total. The van der Waals surface area contributed by atoms with Crippen LogP contribution in [0.5, 0.6) is 0 Å². The zero-order valence-corrected chi connectivity index (χ0v) is 26.8. The molecule has 0 amide bonds. The SMILES string of the molecule is c1ccc(-c2nc(-c3ccccc3)nc(-c3ccc4c(c3)c3cc5c(cc3n4-c3ccccc3)c3cccc4c6ccccc6n5c43)n2)cc1. The Balaban J connectivity index is 1.23.